The Hall–Kier alpha value is -1.93. The fourth-order valence-electron chi connectivity index (χ4n) is 1.85. The summed E-state index contributed by atoms with van der Waals surface area (Å²) >= 11 is 0. The summed E-state index contributed by atoms with van der Waals surface area (Å²) in [5.41, 5.74) is -0.357. The summed E-state index contributed by atoms with van der Waals surface area (Å²) in [4.78, 5) is 3.47. The minimum Gasteiger partial charge on any atom is -0.264 e. The molecule has 0 saturated carbocycles. The Labute approximate surface area is 126 Å². The average Bonchev–Trinajstić information content (AvgIpc) is 2.47. The Kier molecular flexibility index (Phi) is 4.52. The molecule has 0 saturated heterocycles. The third-order valence-corrected chi connectivity index (χ3v) is 4.80. The van der Waals surface area contributed by atoms with Crippen molar-refractivity contribution in [1.29, 1.82) is 0 Å². The number of halogens is 3. The second kappa shape index (κ2) is 6.05. The van der Waals surface area contributed by atoms with Crippen LogP contribution in [0.5, 0.6) is 0 Å². The molecule has 0 amide bonds. The van der Waals surface area contributed by atoms with Crippen LogP contribution in [0.25, 0.3) is 0 Å². The molecule has 0 aliphatic heterocycles. The second-order valence-corrected chi connectivity index (χ2v) is 6.69. The first-order valence-electron chi connectivity index (χ1n) is 6.24. The molecule has 4 nitrogen and oxygen atoms in total. The zero-order valence-corrected chi connectivity index (χ0v) is 12.4. The van der Waals surface area contributed by atoms with Crippen molar-refractivity contribution in [2.24, 2.45) is 0 Å². The van der Waals surface area contributed by atoms with Gasteiger partial charge in [-0.15, -0.1) is 0 Å². The van der Waals surface area contributed by atoms with Crippen LogP contribution in [0.2, 0.25) is 0 Å². The monoisotopic (exact) mass is 330 g/mol. The van der Waals surface area contributed by atoms with Crippen LogP contribution in [0.3, 0.4) is 0 Å². The minimum atomic E-state index is -4.59. The number of benzene rings is 1. The number of hydrogen-bond acceptors (Lipinski definition) is 3. The average molecular weight is 330 g/mol. The zero-order chi connectivity index (χ0) is 16.4. The maximum absolute atomic E-state index is 12.7. The minimum absolute atomic E-state index is 0.0203. The zero-order valence-electron chi connectivity index (χ0n) is 11.6. The van der Waals surface area contributed by atoms with Crippen LogP contribution in [0, 0.1) is 0 Å². The van der Waals surface area contributed by atoms with Crippen molar-refractivity contribution in [1.82, 2.24) is 9.29 Å². The van der Waals surface area contributed by atoms with Crippen LogP contribution in [0.4, 0.5) is 13.2 Å². The summed E-state index contributed by atoms with van der Waals surface area (Å²) in [5, 5.41) is 0. The van der Waals surface area contributed by atoms with Crippen molar-refractivity contribution in [2.75, 3.05) is 7.05 Å². The molecule has 0 bridgehead atoms. The van der Waals surface area contributed by atoms with Gasteiger partial charge in [0.15, 0.2) is 0 Å². The number of hydrogen-bond donors (Lipinski definition) is 0. The summed E-state index contributed by atoms with van der Waals surface area (Å²) in [6.45, 7) is 0.0203. The van der Waals surface area contributed by atoms with Gasteiger partial charge in [0.1, 0.15) is 0 Å². The second-order valence-electron chi connectivity index (χ2n) is 4.65. The Bertz CT molecular complexity index is 746. The molecule has 0 radical (unpaired) electrons. The van der Waals surface area contributed by atoms with Gasteiger partial charge in [0.05, 0.1) is 10.5 Å². The lowest BCUT2D eigenvalue weighted by atomic mass is 10.2. The lowest BCUT2D eigenvalue weighted by molar-refractivity contribution is -0.137. The highest BCUT2D eigenvalue weighted by Crippen LogP contribution is 2.31. The van der Waals surface area contributed by atoms with Gasteiger partial charge in [-0.3, -0.25) is 4.98 Å². The molecule has 1 aromatic heterocycles. The van der Waals surface area contributed by atoms with Gasteiger partial charge >= 0.3 is 6.18 Å². The lowest BCUT2D eigenvalue weighted by Gasteiger charge is -2.18. The van der Waals surface area contributed by atoms with Gasteiger partial charge in [-0.2, -0.15) is 17.5 Å². The molecule has 1 aromatic carbocycles. The molecule has 2 rings (SSSR count). The molecule has 118 valence electrons. The van der Waals surface area contributed by atoms with Crippen molar-refractivity contribution >= 4 is 10.0 Å². The standard InChI is InChI=1S/C14H13F3N2O2S/c1-19(10-11-4-3-7-18-9-11)22(20,21)13-6-2-5-12(8-13)14(15,16)17/h2-9H,10H2,1H3. The van der Waals surface area contributed by atoms with Crippen LogP contribution in [-0.2, 0) is 22.7 Å². The van der Waals surface area contributed by atoms with Gasteiger partial charge in [-0.1, -0.05) is 12.1 Å². The van der Waals surface area contributed by atoms with E-state index in [4.69, 9.17) is 0 Å². The molecule has 0 unspecified atom stereocenters. The molecule has 0 aliphatic carbocycles. The number of nitrogens with zero attached hydrogens (tertiary/aromatic N) is 2. The van der Waals surface area contributed by atoms with Gasteiger partial charge in [0.25, 0.3) is 0 Å². The van der Waals surface area contributed by atoms with Gasteiger partial charge in [0, 0.05) is 26.0 Å². The van der Waals surface area contributed by atoms with Crippen molar-refractivity contribution in [3.8, 4) is 0 Å². The third-order valence-electron chi connectivity index (χ3n) is 3.00. The van der Waals surface area contributed by atoms with E-state index in [0.717, 1.165) is 22.5 Å². The number of alkyl halides is 3. The van der Waals surface area contributed by atoms with E-state index in [2.05, 4.69) is 4.98 Å². The van der Waals surface area contributed by atoms with E-state index >= 15 is 0 Å². The molecule has 0 atom stereocenters. The first kappa shape index (κ1) is 16.4. The van der Waals surface area contributed by atoms with Crippen LogP contribution in [0.15, 0.2) is 53.7 Å². The maximum Gasteiger partial charge on any atom is 0.416 e. The molecule has 0 spiro atoms. The van der Waals surface area contributed by atoms with E-state index in [0.29, 0.717) is 11.6 Å². The van der Waals surface area contributed by atoms with Crippen molar-refractivity contribution < 1.29 is 21.6 Å². The Morgan fingerprint density at radius 3 is 2.50 bits per heavy atom. The van der Waals surface area contributed by atoms with E-state index in [1.54, 1.807) is 18.3 Å². The van der Waals surface area contributed by atoms with E-state index in [1.165, 1.54) is 13.2 Å². The molecule has 0 N–H and O–H groups in total. The normalized spacial score (nSPS) is 12.6. The van der Waals surface area contributed by atoms with Crippen LogP contribution < -0.4 is 0 Å². The molecule has 0 aliphatic rings. The highest BCUT2D eigenvalue weighted by Gasteiger charge is 2.32. The summed E-state index contributed by atoms with van der Waals surface area (Å²) in [6.07, 6.45) is -1.55. The SMILES string of the molecule is CN(Cc1cccnc1)S(=O)(=O)c1cccc(C(F)(F)F)c1. The fourth-order valence-corrected chi connectivity index (χ4v) is 3.05. The van der Waals surface area contributed by atoms with E-state index in [9.17, 15) is 21.6 Å². The van der Waals surface area contributed by atoms with Gasteiger partial charge in [0.2, 0.25) is 10.0 Å². The molecular formula is C14H13F3N2O2S. The van der Waals surface area contributed by atoms with Gasteiger partial charge in [-0.05, 0) is 29.8 Å². The lowest BCUT2D eigenvalue weighted by Crippen LogP contribution is -2.26. The van der Waals surface area contributed by atoms with Crippen molar-refractivity contribution in [3.63, 3.8) is 0 Å². The van der Waals surface area contributed by atoms with Crippen molar-refractivity contribution in [2.45, 2.75) is 17.6 Å². The van der Waals surface area contributed by atoms with Crippen LogP contribution in [-0.4, -0.2) is 24.8 Å². The summed E-state index contributed by atoms with van der Waals surface area (Å²) in [7, 11) is -2.71. The fraction of sp³-hybridized carbons (Fsp3) is 0.214. The molecule has 8 heteroatoms. The molecule has 2 aromatic rings. The molecule has 1 heterocycles. The number of pyridine rings is 1. The van der Waals surface area contributed by atoms with Crippen LogP contribution in [0.1, 0.15) is 11.1 Å². The maximum atomic E-state index is 12.7. The molecule has 0 fully saturated rings. The first-order valence-corrected chi connectivity index (χ1v) is 7.68. The number of aromatic nitrogens is 1. The van der Waals surface area contributed by atoms with E-state index in [1.807, 2.05) is 0 Å². The van der Waals surface area contributed by atoms with E-state index < -0.39 is 26.7 Å². The van der Waals surface area contributed by atoms with Crippen molar-refractivity contribution in [3.05, 3.63) is 59.9 Å². The predicted molar refractivity (Wildman–Crippen MR) is 74.3 cm³/mol. The number of rotatable bonds is 4. The third kappa shape index (κ3) is 3.63. The number of sulfonamides is 1. The molecular weight excluding hydrogens is 317 g/mol. The summed E-state index contributed by atoms with van der Waals surface area (Å²) in [6, 6.07) is 7.03. The largest absolute Gasteiger partial charge is 0.416 e. The van der Waals surface area contributed by atoms with Gasteiger partial charge in [-0.25, -0.2) is 8.42 Å². The van der Waals surface area contributed by atoms with Crippen LogP contribution >= 0.6 is 0 Å². The summed E-state index contributed by atoms with van der Waals surface area (Å²) in [5.74, 6) is 0. The topological polar surface area (TPSA) is 50.3 Å². The summed E-state index contributed by atoms with van der Waals surface area (Å²) < 4.78 is 63.8. The predicted octanol–water partition coefficient (Wildman–Crippen LogP) is 2.92. The van der Waals surface area contributed by atoms with E-state index in [-0.39, 0.29) is 6.54 Å². The Morgan fingerprint density at radius 2 is 1.91 bits per heavy atom. The molecule has 22 heavy (non-hydrogen) atoms. The quantitative estimate of drug-likeness (QED) is 0.866. The first-order chi connectivity index (χ1) is 10.2. The highest BCUT2D eigenvalue weighted by molar-refractivity contribution is 7.89. The Morgan fingerprint density at radius 1 is 1.18 bits per heavy atom. The van der Waals surface area contributed by atoms with Gasteiger partial charge < -0.3 is 0 Å². The Balaban J connectivity index is 2.30. The highest BCUT2D eigenvalue weighted by atomic mass is 32.2. The smallest absolute Gasteiger partial charge is 0.264 e.